The van der Waals surface area contributed by atoms with Crippen molar-refractivity contribution in [3.63, 3.8) is 0 Å². The number of rotatable bonds is 4. The molecule has 8 heteroatoms. The Hall–Kier alpha value is -4.20. The van der Waals surface area contributed by atoms with Gasteiger partial charge in [0, 0.05) is 33.2 Å². The van der Waals surface area contributed by atoms with Crippen molar-refractivity contribution in [1.29, 1.82) is 0 Å². The SMILES string of the molecule is COC(=O)c1cc2ccc(-c3cc(C)nc(Nc4ccc5[nH]ncc5c4)n3)cc2[nH]1. The smallest absolute Gasteiger partial charge is 0.354 e. The highest BCUT2D eigenvalue weighted by atomic mass is 16.5. The van der Waals surface area contributed by atoms with E-state index in [-0.39, 0.29) is 0 Å². The Morgan fingerprint density at radius 3 is 2.77 bits per heavy atom. The standard InChI is InChI=1S/C22H18N6O2/c1-12-7-18(13-3-4-14-10-20(21(29)30-2)26-19(14)9-13)27-22(24-12)25-16-5-6-17-15(8-16)11-23-28-17/h3-11,26H,1-2H3,(H,23,28)(H,24,25,27). The summed E-state index contributed by atoms with van der Waals surface area (Å²) in [6, 6.07) is 15.5. The Labute approximate surface area is 171 Å². The number of carbonyl (C=O) groups is 1. The van der Waals surface area contributed by atoms with Gasteiger partial charge in [-0.3, -0.25) is 5.10 Å². The summed E-state index contributed by atoms with van der Waals surface area (Å²) >= 11 is 0. The van der Waals surface area contributed by atoms with E-state index in [1.54, 1.807) is 12.3 Å². The summed E-state index contributed by atoms with van der Waals surface area (Å²) in [6.45, 7) is 1.93. The van der Waals surface area contributed by atoms with Crippen LogP contribution in [0.25, 0.3) is 33.1 Å². The first-order valence-corrected chi connectivity index (χ1v) is 9.36. The fraction of sp³-hybridized carbons (Fsp3) is 0.0909. The van der Waals surface area contributed by atoms with Crippen molar-refractivity contribution < 1.29 is 9.53 Å². The van der Waals surface area contributed by atoms with Crippen LogP contribution in [0.15, 0.2) is 54.7 Å². The fourth-order valence-corrected chi connectivity index (χ4v) is 3.43. The number of hydrogen-bond acceptors (Lipinski definition) is 6. The molecule has 0 aliphatic carbocycles. The fourth-order valence-electron chi connectivity index (χ4n) is 3.43. The molecule has 0 saturated carbocycles. The van der Waals surface area contributed by atoms with Gasteiger partial charge < -0.3 is 15.0 Å². The minimum atomic E-state index is -0.397. The number of nitrogens with zero attached hydrogens (tertiary/aromatic N) is 3. The number of methoxy groups -OCH3 is 1. The first-order chi connectivity index (χ1) is 14.6. The quantitative estimate of drug-likeness (QED) is 0.389. The minimum absolute atomic E-state index is 0.397. The number of carbonyl (C=O) groups excluding carboxylic acids is 1. The van der Waals surface area contributed by atoms with Crippen molar-refractivity contribution in [3.8, 4) is 11.3 Å². The number of benzene rings is 2. The molecular formula is C22H18N6O2. The lowest BCUT2D eigenvalue weighted by Crippen LogP contribution is -2.00. The number of esters is 1. The van der Waals surface area contributed by atoms with Crippen LogP contribution in [0.1, 0.15) is 16.2 Å². The van der Waals surface area contributed by atoms with Gasteiger partial charge in [-0.2, -0.15) is 5.10 Å². The molecule has 3 N–H and O–H groups in total. The van der Waals surface area contributed by atoms with Gasteiger partial charge in [-0.05, 0) is 43.3 Å². The number of aromatic nitrogens is 5. The molecule has 3 heterocycles. The summed E-state index contributed by atoms with van der Waals surface area (Å²) in [5.41, 5.74) is 5.64. The van der Waals surface area contributed by atoms with Crippen LogP contribution in [0.2, 0.25) is 0 Å². The van der Waals surface area contributed by atoms with Crippen molar-refractivity contribution in [2.24, 2.45) is 0 Å². The molecule has 5 rings (SSSR count). The molecule has 0 aliphatic rings. The van der Waals surface area contributed by atoms with E-state index in [4.69, 9.17) is 4.74 Å². The summed E-state index contributed by atoms with van der Waals surface area (Å²) in [4.78, 5) is 24.1. The van der Waals surface area contributed by atoms with Crippen LogP contribution >= 0.6 is 0 Å². The van der Waals surface area contributed by atoms with Crippen molar-refractivity contribution in [2.75, 3.05) is 12.4 Å². The highest BCUT2D eigenvalue weighted by Gasteiger charge is 2.11. The molecule has 0 bridgehead atoms. The average Bonchev–Trinajstić information content (AvgIpc) is 3.38. The zero-order valence-electron chi connectivity index (χ0n) is 16.4. The number of nitrogens with one attached hydrogen (secondary N) is 3. The maximum absolute atomic E-state index is 11.8. The predicted molar refractivity (Wildman–Crippen MR) is 115 cm³/mol. The number of fused-ring (bicyclic) bond motifs is 2. The lowest BCUT2D eigenvalue weighted by molar-refractivity contribution is 0.0595. The van der Waals surface area contributed by atoms with Gasteiger partial charge in [0.25, 0.3) is 0 Å². The second kappa shape index (κ2) is 7.00. The first-order valence-electron chi connectivity index (χ1n) is 9.36. The number of anilines is 2. The molecule has 0 saturated heterocycles. The molecule has 30 heavy (non-hydrogen) atoms. The van der Waals surface area contributed by atoms with E-state index < -0.39 is 5.97 Å². The van der Waals surface area contributed by atoms with Crippen molar-refractivity contribution >= 4 is 39.4 Å². The summed E-state index contributed by atoms with van der Waals surface area (Å²) in [5.74, 6) is 0.112. The van der Waals surface area contributed by atoms with Gasteiger partial charge in [0.15, 0.2) is 0 Å². The Balaban J connectivity index is 1.49. The molecular weight excluding hydrogens is 380 g/mol. The van der Waals surface area contributed by atoms with Gasteiger partial charge >= 0.3 is 5.97 Å². The van der Waals surface area contributed by atoms with Gasteiger partial charge in [-0.15, -0.1) is 0 Å². The van der Waals surface area contributed by atoms with Gasteiger partial charge in [-0.1, -0.05) is 12.1 Å². The van der Waals surface area contributed by atoms with Crippen LogP contribution in [-0.4, -0.2) is 38.2 Å². The number of aromatic amines is 2. The highest BCUT2D eigenvalue weighted by Crippen LogP contribution is 2.26. The van der Waals surface area contributed by atoms with E-state index in [0.29, 0.717) is 11.6 Å². The van der Waals surface area contributed by atoms with Crippen molar-refractivity contribution in [2.45, 2.75) is 6.92 Å². The molecule has 2 aromatic carbocycles. The molecule has 0 aliphatic heterocycles. The monoisotopic (exact) mass is 398 g/mol. The topological polar surface area (TPSA) is 109 Å². The number of aryl methyl sites for hydroxylation is 1. The van der Waals surface area contributed by atoms with E-state index in [2.05, 4.69) is 30.5 Å². The number of hydrogen-bond donors (Lipinski definition) is 3. The Bertz CT molecular complexity index is 1400. The summed E-state index contributed by atoms with van der Waals surface area (Å²) < 4.78 is 4.79. The molecule has 0 fully saturated rings. The highest BCUT2D eigenvalue weighted by molar-refractivity contribution is 5.95. The van der Waals surface area contributed by atoms with Gasteiger partial charge in [0.1, 0.15) is 5.69 Å². The second-order valence-electron chi connectivity index (χ2n) is 6.99. The van der Waals surface area contributed by atoms with E-state index in [9.17, 15) is 4.79 Å². The molecule has 5 aromatic rings. The molecule has 148 valence electrons. The second-order valence-corrected chi connectivity index (χ2v) is 6.99. The normalized spacial score (nSPS) is 11.1. The van der Waals surface area contributed by atoms with Gasteiger partial charge in [-0.25, -0.2) is 14.8 Å². The summed E-state index contributed by atoms with van der Waals surface area (Å²) in [6.07, 6.45) is 1.78. The van der Waals surface area contributed by atoms with Crippen LogP contribution in [-0.2, 0) is 4.74 Å². The van der Waals surface area contributed by atoms with Crippen molar-refractivity contribution in [1.82, 2.24) is 25.1 Å². The van der Waals surface area contributed by atoms with E-state index in [0.717, 1.165) is 44.4 Å². The Kier molecular flexibility index (Phi) is 4.17. The van der Waals surface area contributed by atoms with E-state index in [1.807, 2.05) is 49.4 Å². The molecule has 0 unspecified atom stereocenters. The molecule has 0 atom stereocenters. The molecule has 8 nitrogen and oxygen atoms in total. The van der Waals surface area contributed by atoms with Crippen LogP contribution in [0.4, 0.5) is 11.6 Å². The zero-order chi connectivity index (χ0) is 20.7. The van der Waals surface area contributed by atoms with E-state index in [1.165, 1.54) is 7.11 Å². The number of H-pyrrole nitrogens is 2. The molecule has 3 aromatic heterocycles. The third-order valence-electron chi connectivity index (χ3n) is 4.87. The van der Waals surface area contributed by atoms with Gasteiger partial charge in [0.2, 0.25) is 5.95 Å². The lowest BCUT2D eigenvalue weighted by Gasteiger charge is -2.09. The third kappa shape index (κ3) is 3.24. The third-order valence-corrected chi connectivity index (χ3v) is 4.87. The number of ether oxygens (including phenoxy) is 1. The van der Waals surface area contributed by atoms with Crippen LogP contribution in [0.5, 0.6) is 0 Å². The molecule has 0 amide bonds. The first kappa shape index (κ1) is 17.9. The average molecular weight is 398 g/mol. The van der Waals surface area contributed by atoms with Gasteiger partial charge in [0.05, 0.1) is 24.5 Å². The van der Waals surface area contributed by atoms with Crippen LogP contribution in [0.3, 0.4) is 0 Å². The maximum atomic E-state index is 11.8. The zero-order valence-corrected chi connectivity index (χ0v) is 16.4. The van der Waals surface area contributed by atoms with Crippen molar-refractivity contribution in [3.05, 3.63) is 66.1 Å². The van der Waals surface area contributed by atoms with E-state index >= 15 is 0 Å². The van der Waals surface area contributed by atoms with Crippen LogP contribution in [0, 0.1) is 6.92 Å². The summed E-state index contributed by atoms with van der Waals surface area (Å²) in [5, 5.41) is 12.2. The maximum Gasteiger partial charge on any atom is 0.354 e. The minimum Gasteiger partial charge on any atom is -0.464 e. The predicted octanol–water partition coefficient (Wildman–Crippen LogP) is 4.34. The Morgan fingerprint density at radius 2 is 1.90 bits per heavy atom. The Morgan fingerprint density at radius 1 is 1.00 bits per heavy atom. The molecule has 0 spiro atoms. The summed E-state index contributed by atoms with van der Waals surface area (Å²) in [7, 11) is 1.36. The lowest BCUT2D eigenvalue weighted by atomic mass is 10.1. The van der Waals surface area contributed by atoms with Crippen LogP contribution < -0.4 is 5.32 Å². The molecule has 0 radical (unpaired) electrons. The largest absolute Gasteiger partial charge is 0.464 e.